The fourth-order valence-electron chi connectivity index (χ4n) is 2.85. The Balaban J connectivity index is 1.95. The average Bonchev–Trinajstić information content (AvgIpc) is 2.78. The number of carbonyl (C=O) groups excluding carboxylic acids is 1. The fraction of sp³-hybridized carbons (Fsp3) is 0.714. The number of rotatable bonds is 3. The third kappa shape index (κ3) is 2.74. The van der Waals surface area contributed by atoms with Gasteiger partial charge in [0, 0.05) is 24.3 Å². The quantitative estimate of drug-likeness (QED) is 0.889. The zero-order valence-electron chi connectivity index (χ0n) is 11.8. The van der Waals surface area contributed by atoms with Gasteiger partial charge in [-0.1, -0.05) is 6.92 Å². The van der Waals surface area contributed by atoms with Gasteiger partial charge in [0.15, 0.2) is 0 Å². The van der Waals surface area contributed by atoms with Gasteiger partial charge in [-0.15, -0.1) is 0 Å². The molecule has 1 aliphatic rings. The van der Waals surface area contributed by atoms with Crippen molar-refractivity contribution >= 4 is 5.91 Å². The van der Waals surface area contributed by atoms with Crippen LogP contribution in [0.2, 0.25) is 0 Å². The highest BCUT2D eigenvalue weighted by Gasteiger charge is 2.23. The van der Waals surface area contributed by atoms with Crippen molar-refractivity contribution in [2.24, 2.45) is 13.0 Å². The van der Waals surface area contributed by atoms with E-state index in [0.29, 0.717) is 12.5 Å². The number of aryl methyl sites for hydroxylation is 2. The number of hydrogen-bond donors (Lipinski definition) is 1. The van der Waals surface area contributed by atoms with Crippen LogP contribution in [0.3, 0.4) is 0 Å². The van der Waals surface area contributed by atoms with Crippen molar-refractivity contribution in [3.63, 3.8) is 0 Å². The second kappa shape index (κ2) is 5.12. The SMILES string of the molecule is Cc1nn(C)c(C)c1CC(=O)NC1CCC(C)C1. The predicted octanol–water partition coefficient (Wildman–Crippen LogP) is 1.88. The molecule has 2 rings (SSSR count). The monoisotopic (exact) mass is 249 g/mol. The van der Waals surface area contributed by atoms with E-state index in [0.717, 1.165) is 35.7 Å². The summed E-state index contributed by atoms with van der Waals surface area (Å²) in [6.45, 7) is 6.23. The maximum atomic E-state index is 12.0. The van der Waals surface area contributed by atoms with Gasteiger partial charge in [0.25, 0.3) is 0 Å². The van der Waals surface area contributed by atoms with Crippen molar-refractivity contribution in [1.29, 1.82) is 0 Å². The molecule has 1 saturated carbocycles. The summed E-state index contributed by atoms with van der Waals surface area (Å²) in [5, 5.41) is 7.49. The average molecular weight is 249 g/mol. The molecule has 0 bridgehead atoms. The second-order valence-electron chi connectivity index (χ2n) is 5.63. The van der Waals surface area contributed by atoms with Crippen LogP contribution in [0.15, 0.2) is 0 Å². The van der Waals surface area contributed by atoms with Crippen molar-refractivity contribution < 1.29 is 4.79 Å². The molecule has 1 N–H and O–H groups in total. The highest BCUT2D eigenvalue weighted by Crippen LogP contribution is 2.24. The molecule has 0 radical (unpaired) electrons. The van der Waals surface area contributed by atoms with Crippen LogP contribution in [0.1, 0.15) is 43.1 Å². The first-order chi connectivity index (χ1) is 8.47. The lowest BCUT2D eigenvalue weighted by atomic mass is 10.1. The molecule has 1 aliphatic carbocycles. The molecule has 100 valence electrons. The third-order valence-corrected chi connectivity index (χ3v) is 4.06. The molecule has 1 aromatic rings. The Morgan fingerprint density at radius 1 is 1.44 bits per heavy atom. The maximum absolute atomic E-state index is 12.0. The molecule has 1 aromatic heterocycles. The van der Waals surface area contributed by atoms with Crippen molar-refractivity contribution in [3.8, 4) is 0 Å². The van der Waals surface area contributed by atoms with Crippen LogP contribution in [0, 0.1) is 19.8 Å². The molecule has 1 fully saturated rings. The first-order valence-electron chi connectivity index (χ1n) is 6.75. The van der Waals surface area contributed by atoms with E-state index in [1.165, 1.54) is 6.42 Å². The van der Waals surface area contributed by atoms with Gasteiger partial charge in [0.1, 0.15) is 0 Å². The molecular weight excluding hydrogens is 226 g/mol. The molecular formula is C14H23N3O. The second-order valence-corrected chi connectivity index (χ2v) is 5.63. The van der Waals surface area contributed by atoms with Gasteiger partial charge in [-0.25, -0.2) is 0 Å². The van der Waals surface area contributed by atoms with Crippen LogP contribution in [-0.2, 0) is 18.3 Å². The molecule has 4 nitrogen and oxygen atoms in total. The Morgan fingerprint density at radius 3 is 2.67 bits per heavy atom. The maximum Gasteiger partial charge on any atom is 0.224 e. The molecule has 0 saturated heterocycles. The third-order valence-electron chi connectivity index (χ3n) is 4.06. The van der Waals surface area contributed by atoms with Gasteiger partial charge >= 0.3 is 0 Å². The summed E-state index contributed by atoms with van der Waals surface area (Å²) in [5.74, 6) is 0.880. The van der Waals surface area contributed by atoms with Crippen LogP contribution in [-0.4, -0.2) is 21.7 Å². The highest BCUT2D eigenvalue weighted by molar-refractivity contribution is 5.79. The minimum absolute atomic E-state index is 0.133. The van der Waals surface area contributed by atoms with Gasteiger partial charge < -0.3 is 5.32 Å². The molecule has 2 atom stereocenters. The van der Waals surface area contributed by atoms with Gasteiger partial charge in [0.05, 0.1) is 12.1 Å². The van der Waals surface area contributed by atoms with Gasteiger partial charge in [-0.05, 0) is 39.0 Å². The van der Waals surface area contributed by atoms with E-state index in [2.05, 4.69) is 17.3 Å². The summed E-state index contributed by atoms with van der Waals surface area (Å²) in [5.41, 5.74) is 3.12. The number of nitrogens with zero attached hydrogens (tertiary/aromatic N) is 2. The topological polar surface area (TPSA) is 46.9 Å². The zero-order valence-corrected chi connectivity index (χ0v) is 11.8. The van der Waals surface area contributed by atoms with Gasteiger partial charge in [-0.3, -0.25) is 9.48 Å². The van der Waals surface area contributed by atoms with Crippen molar-refractivity contribution in [3.05, 3.63) is 17.0 Å². The van der Waals surface area contributed by atoms with Crippen molar-refractivity contribution in [1.82, 2.24) is 15.1 Å². The normalized spacial score (nSPS) is 23.3. The summed E-state index contributed by atoms with van der Waals surface area (Å²) in [6, 6.07) is 0.379. The summed E-state index contributed by atoms with van der Waals surface area (Å²) in [4.78, 5) is 12.0. The first-order valence-corrected chi connectivity index (χ1v) is 6.75. The van der Waals surface area contributed by atoms with Crippen LogP contribution in [0.25, 0.3) is 0 Å². The summed E-state index contributed by atoms with van der Waals surface area (Å²) < 4.78 is 1.84. The molecule has 18 heavy (non-hydrogen) atoms. The van der Waals surface area contributed by atoms with E-state index in [1.807, 2.05) is 25.6 Å². The van der Waals surface area contributed by atoms with Crippen LogP contribution >= 0.6 is 0 Å². The molecule has 2 unspecified atom stereocenters. The lowest BCUT2D eigenvalue weighted by molar-refractivity contribution is -0.121. The summed E-state index contributed by atoms with van der Waals surface area (Å²) in [7, 11) is 1.92. The van der Waals surface area contributed by atoms with E-state index in [4.69, 9.17) is 0 Å². The Bertz CT molecular complexity index is 450. The standard InChI is InChI=1S/C14H23N3O/c1-9-5-6-12(7-9)15-14(18)8-13-10(2)16-17(4)11(13)3/h9,12H,5-8H2,1-4H3,(H,15,18). The number of aromatic nitrogens is 2. The lowest BCUT2D eigenvalue weighted by Crippen LogP contribution is -2.34. The van der Waals surface area contributed by atoms with Gasteiger partial charge in [-0.2, -0.15) is 5.10 Å². The molecule has 0 aliphatic heterocycles. The number of carbonyl (C=O) groups is 1. The zero-order chi connectivity index (χ0) is 13.3. The molecule has 1 heterocycles. The summed E-state index contributed by atoms with van der Waals surface area (Å²) >= 11 is 0. The predicted molar refractivity (Wildman–Crippen MR) is 71.3 cm³/mol. The Morgan fingerprint density at radius 2 is 2.17 bits per heavy atom. The summed E-state index contributed by atoms with van der Waals surface area (Å²) in [6.07, 6.45) is 3.93. The largest absolute Gasteiger partial charge is 0.353 e. The lowest BCUT2D eigenvalue weighted by Gasteiger charge is -2.12. The highest BCUT2D eigenvalue weighted by atomic mass is 16.1. The Kier molecular flexibility index (Phi) is 3.73. The van der Waals surface area contributed by atoms with E-state index in [-0.39, 0.29) is 5.91 Å². The molecule has 0 aromatic carbocycles. The molecule has 4 heteroatoms. The smallest absolute Gasteiger partial charge is 0.224 e. The van der Waals surface area contributed by atoms with E-state index in [9.17, 15) is 4.79 Å². The minimum Gasteiger partial charge on any atom is -0.353 e. The first kappa shape index (κ1) is 13.1. The number of amides is 1. The molecule has 0 spiro atoms. The number of nitrogens with one attached hydrogen (secondary N) is 1. The fourth-order valence-corrected chi connectivity index (χ4v) is 2.85. The van der Waals surface area contributed by atoms with Crippen LogP contribution in [0.5, 0.6) is 0 Å². The molecule has 1 amide bonds. The van der Waals surface area contributed by atoms with Crippen molar-refractivity contribution in [2.75, 3.05) is 0 Å². The van der Waals surface area contributed by atoms with Crippen LogP contribution in [0.4, 0.5) is 0 Å². The van der Waals surface area contributed by atoms with E-state index < -0.39 is 0 Å². The van der Waals surface area contributed by atoms with E-state index >= 15 is 0 Å². The number of hydrogen-bond acceptors (Lipinski definition) is 2. The minimum atomic E-state index is 0.133. The van der Waals surface area contributed by atoms with E-state index in [1.54, 1.807) is 0 Å². The Labute approximate surface area is 109 Å². The van der Waals surface area contributed by atoms with Crippen LogP contribution < -0.4 is 5.32 Å². The Hall–Kier alpha value is -1.32. The van der Waals surface area contributed by atoms with Crippen molar-refractivity contribution in [2.45, 2.75) is 52.5 Å². The van der Waals surface area contributed by atoms with Gasteiger partial charge in [0.2, 0.25) is 5.91 Å².